The fraction of sp³-hybridized carbons (Fsp3) is 0.538. The zero-order valence-corrected chi connectivity index (χ0v) is 9.96. The normalized spacial score (nSPS) is 14.9. The smallest absolute Gasteiger partial charge is 0.0276 e. The summed E-state index contributed by atoms with van der Waals surface area (Å²) >= 11 is 0. The first kappa shape index (κ1) is 12.2. The van der Waals surface area contributed by atoms with E-state index in [0.717, 1.165) is 12.8 Å². The summed E-state index contributed by atoms with van der Waals surface area (Å²) in [6.07, 6.45) is 2.16. The third kappa shape index (κ3) is 3.65. The fourth-order valence-corrected chi connectivity index (χ4v) is 1.69. The van der Waals surface area contributed by atoms with Gasteiger partial charge in [-0.1, -0.05) is 50.1 Å². The molecule has 0 radical (unpaired) electrons. The lowest BCUT2D eigenvalue weighted by atomic mass is 9.93. The molecule has 0 bridgehead atoms. The molecule has 0 amide bonds. The summed E-state index contributed by atoms with van der Waals surface area (Å²) in [7, 11) is 0. The lowest BCUT2D eigenvalue weighted by molar-refractivity contribution is 0.370. The molecule has 15 heavy (non-hydrogen) atoms. The second kappa shape index (κ2) is 5.89. The molecule has 84 valence electrons. The number of nitrogens with two attached hydrogens (primary N) is 1. The number of nitrogens with one attached hydrogen (secondary N) is 1. The zero-order chi connectivity index (χ0) is 11.3. The van der Waals surface area contributed by atoms with Crippen LogP contribution in [-0.4, -0.2) is 6.04 Å². The van der Waals surface area contributed by atoms with Crippen molar-refractivity contribution in [3.05, 3.63) is 35.4 Å². The van der Waals surface area contributed by atoms with Crippen LogP contribution in [-0.2, 0) is 6.42 Å². The molecule has 0 spiro atoms. The first-order valence-electron chi connectivity index (χ1n) is 5.69. The molecular formula is C13H22N2. The van der Waals surface area contributed by atoms with Crippen LogP contribution in [0.2, 0.25) is 0 Å². The summed E-state index contributed by atoms with van der Waals surface area (Å²) in [5, 5.41) is 0. The minimum atomic E-state index is 0.373. The van der Waals surface area contributed by atoms with Crippen LogP contribution in [0, 0.1) is 12.8 Å². The second-order valence-electron chi connectivity index (χ2n) is 4.35. The van der Waals surface area contributed by atoms with E-state index in [2.05, 4.69) is 50.5 Å². The summed E-state index contributed by atoms with van der Waals surface area (Å²) in [6.45, 7) is 6.54. The highest BCUT2D eigenvalue weighted by atomic mass is 15.2. The number of hydrazine groups is 1. The Balaban J connectivity index is 2.62. The van der Waals surface area contributed by atoms with Crippen molar-refractivity contribution in [2.75, 3.05) is 0 Å². The van der Waals surface area contributed by atoms with E-state index in [9.17, 15) is 0 Å². The van der Waals surface area contributed by atoms with Gasteiger partial charge in [0.25, 0.3) is 0 Å². The molecule has 1 aromatic rings. The molecule has 1 rings (SSSR count). The van der Waals surface area contributed by atoms with Crippen LogP contribution in [0.15, 0.2) is 24.3 Å². The van der Waals surface area contributed by atoms with Crippen molar-refractivity contribution in [1.29, 1.82) is 0 Å². The number of hydrogen-bond acceptors (Lipinski definition) is 2. The van der Waals surface area contributed by atoms with Crippen molar-refractivity contribution in [2.45, 2.75) is 39.7 Å². The molecule has 0 fully saturated rings. The van der Waals surface area contributed by atoms with Crippen molar-refractivity contribution in [2.24, 2.45) is 11.8 Å². The van der Waals surface area contributed by atoms with Crippen LogP contribution in [0.5, 0.6) is 0 Å². The second-order valence-corrected chi connectivity index (χ2v) is 4.35. The number of aryl methyl sites for hydroxylation is 1. The quantitative estimate of drug-likeness (QED) is 0.573. The van der Waals surface area contributed by atoms with Crippen molar-refractivity contribution < 1.29 is 0 Å². The Morgan fingerprint density at radius 1 is 1.27 bits per heavy atom. The van der Waals surface area contributed by atoms with E-state index >= 15 is 0 Å². The Labute approximate surface area is 92.8 Å². The van der Waals surface area contributed by atoms with Crippen molar-refractivity contribution >= 4 is 0 Å². The summed E-state index contributed by atoms with van der Waals surface area (Å²) < 4.78 is 0. The topological polar surface area (TPSA) is 38.0 Å². The van der Waals surface area contributed by atoms with E-state index < -0.39 is 0 Å². The summed E-state index contributed by atoms with van der Waals surface area (Å²) in [5.74, 6) is 6.18. The van der Waals surface area contributed by atoms with E-state index in [1.165, 1.54) is 11.1 Å². The zero-order valence-electron chi connectivity index (χ0n) is 9.96. The number of benzene rings is 1. The first-order valence-corrected chi connectivity index (χ1v) is 5.69. The van der Waals surface area contributed by atoms with Gasteiger partial charge in [0, 0.05) is 6.04 Å². The molecule has 0 aromatic heterocycles. The van der Waals surface area contributed by atoms with Crippen molar-refractivity contribution in [3.8, 4) is 0 Å². The lowest BCUT2D eigenvalue weighted by Gasteiger charge is -2.22. The van der Waals surface area contributed by atoms with E-state index in [-0.39, 0.29) is 0 Å². The monoisotopic (exact) mass is 206 g/mol. The maximum Gasteiger partial charge on any atom is 0.0276 e. The third-order valence-corrected chi connectivity index (χ3v) is 3.12. The van der Waals surface area contributed by atoms with E-state index in [1.54, 1.807) is 0 Å². The van der Waals surface area contributed by atoms with Crippen LogP contribution >= 0.6 is 0 Å². The van der Waals surface area contributed by atoms with E-state index in [1.807, 2.05) is 0 Å². The Hall–Kier alpha value is -0.860. The van der Waals surface area contributed by atoms with Gasteiger partial charge in [-0.15, -0.1) is 0 Å². The van der Waals surface area contributed by atoms with Gasteiger partial charge in [0.05, 0.1) is 0 Å². The molecule has 2 heteroatoms. The van der Waals surface area contributed by atoms with Gasteiger partial charge in [0.2, 0.25) is 0 Å². The Bertz CT molecular complexity index is 279. The predicted octanol–water partition coefficient (Wildman–Crippen LogP) is 2.42. The minimum absolute atomic E-state index is 0.373. The van der Waals surface area contributed by atoms with Gasteiger partial charge < -0.3 is 0 Å². The van der Waals surface area contributed by atoms with Crippen molar-refractivity contribution in [1.82, 2.24) is 5.43 Å². The molecule has 1 aromatic carbocycles. The van der Waals surface area contributed by atoms with Gasteiger partial charge in [0.15, 0.2) is 0 Å². The Kier molecular flexibility index (Phi) is 4.79. The van der Waals surface area contributed by atoms with E-state index in [4.69, 9.17) is 5.84 Å². The number of hydrogen-bond donors (Lipinski definition) is 2. The van der Waals surface area contributed by atoms with E-state index in [0.29, 0.717) is 12.0 Å². The molecule has 0 saturated carbocycles. The van der Waals surface area contributed by atoms with Crippen LogP contribution in [0.25, 0.3) is 0 Å². The standard InChI is InChI=1S/C13H22N2/c1-4-11(3)13(15-14)9-12-7-5-10(2)6-8-12/h5-8,11,13,15H,4,9,14H2,1-3H3. The first-order chi connectivity index (χ1) is 7.17. The fourth-order valence-electron chi connectivity index (χ4n) is 1.69. The summed E-state index contributed by atoms with van der Waals surface area (Å²) in [6, 6.07) is 9.04. The van der Waals surface area contributed by atoms with Gasteiger partial charge in [-0.2, -0.15) is 0 Å². The Morgan fingerprint density at radius 3 is 2.33 bits per heavy atom. The molecule has 3 N–H and O–H groups in total. The molecule has 0 heterocycles. The SMILES string of the molecule is CCC(C)C(Cc1ccc(C)cc1)NN. The predicted molar refractivity (Wildman–Crippen MR) is 65.4 cm³/mol. The van der Waals surface area contributed by atoms with Gasteiger partial charge in [-0.3, -0.25) is 11.3 Å². The van der Waals surface area contributed by atoms with Gasteiger partial charge in [0.1, 0.15) is 0 Å². The molecule has 0 saturated heterocycles. The molecule has 0 aliphatic heterocycles. The maximum absolute atomic E-state index is 5.58. The van der Waals surface area contributed by atoms with Crippen LogP contribution in [0.4, 0.5) is 0 Å². The maximum atomic E-state index is 5.58. The highest BCUT2D eigenvalue weighted by Crippen LogP contribution is 2.13. The average molecular weight is 206 g/mol. The van der Waals surface area contributed by atoms with Crippen LogP contribution in [0.3, 0.4) is 0 Å². The molecule has 2 atom stereocenters. The highest BCUT2D eigenvalue weighted by Gasteiger charge is 2.14. The number of rotatable bonds is 5. The average Bonchev–Trinajstić information content (AvgIpc) is 2.27. The lowest BCUT2D eigenvalue weighted by Crippen LogP contribution is -2.41. The minimum Gasteiger partial charge on any atom is -0.271 e. The summed E-state index contributed by atoms with van der Waals surface area (Å²) in [5.41, 5.74) is 5.57. The third-order valence-electron chi connectivity index (χ3n) is 3.12. The molecule has 0 aliphatic carbocycles. The molecule has 2 unspecified atom stereocenters. The van der Waals surface area contributed by atoms with Crippen LogP contribution in [0.1, 0.15) is 31.4 Å². The van der Waals surface area contributed by atoms with Gasteiger partial charge in [-0.05, 0) is 24.8 Å². The highest BCUT2D eigenvalue weighted by molar-refractivity contribution is 5.22. The van der Waals surface area contributed by atoms with Crippen molar-refractivity contribution in [3.63, 3.8) is 0 Å². The summed E-state index contributed by atoms with van der Waals surface area (Å²) in [4.78, 5) is 0. The van der Waals surface area contributed by atoms with Gasteiger partial charge >= 0.3 is 0 Å². The Morgan fingerprint density at radius 2 is 1.87 bits per heavy atom. The van der Waals surface area contributed by atoms with Crippen LogP contribution < -0.4 is 11.3 Å². The molecule has 0 aliphatic rings. The largest absolute Gasteiger partial charge is 0.271 e. The molecule has 2 nitrogen and oxygen atoms in total. The van der Waals surface area contributed by atoms with Gasteiger partial charge in [-0.25, -0.2) is 0 Å². The molecular weight excluding hydrogens is 184 g/mol.